The molecule has 1 fully saturated rings. The van der Waals surface area contributed by atoms with Crippen molar-refractivity contribution in [1.82, 2.24) is 24.9 Å². The van der Waals surface area contributed by atoms with Crippen LogP contribution in [-0.2, 0) is 20.1 Å². The standard InChI is InChI=1S/C30H37F2N7O2/c1-30(2,3)9-10-37-11-13-38(14-12-37)29(41)33-17-21-6-5-20(15-24(21)32)28(40)39-19-22-18-34-36(4)27(22)35-25-16-23(31)7-8-26(25)39/h5-8,15-16,18,35H,9-14,17,19H2,1-4H3,(H,33,41). The molecule has 0 saturated carbocycles. The van der Waals surface area contributed by atoms with E-state index in [1.165, 1.54) is 35.2 Å². The van der Waals surface area contributed by atoms with Crippen molar-refractivity contribution in [2.45, 2.75) is 40.3 Å². The van der Waals surface area contributed by atoms with Gasteiger partial charge in [-0.3, -0.25) is 14.4 Å². The molecule has 5 rings (SSSR count). The van der Waals surface area contributed by atoms with Crippen LogP contribution in [0.2, 0.25) is 0 Å². The number of fused-ring (bicyclic) bond motifs is 2. The van der Waals surface area contributed by atoms with E-state index in [2.05, 4.69) is 41.4 Å². The van der Waals surface area contributed by atoms with E-state index < -0.39 is 17.5 Å². The highest BCUT2D eigenvalue weighted by molar-refractivity contribution is 6.08. The van der Waals surface area contributed by atoms with Gasteiger partial charge in [0.2, 0.25) is 0 Å². The van der Waals surface area contributed by atoms with Crippen LogP contribution in [0.4, 0.5) is 30.8 Å². The molecule has 0 bridgehead atoms. The molecule has 11 heteroatoms. The summed E-state index contributed by atoms with van der Waals surface area (Å²) in [6, 6.07) is 8.15. The second kappa shape index (κ2) is 11.5. The van der Waals surface area contributed by atoms with Crippen LogP contribution in [0.25, 0.3) is 0 Å². The highest BCUT2D eigenvalue weighted by Crippen LogP contribution is 2.37. The van der Waals surface area contributed by atoms with Crippen molar-refractivity contribution in [3.63, 3.8) is 0 Å². The summed E-state index contributed by atoms with van der Waals surface area (Å²) < 4.78 is 30.8. The fourth-order valence-corrected chi connectivity index (χ4v) is 5.10. The number of carbonyl (C=O) groups is 2. The number of rotatable bonds is 5. The molecule has 2 aromatic carbocycles. The number of nitrogens with zero attached hydrogens (tertiary/aromatic N) is 5. The monoisotopic (exact) mass is 565 g/mol. The Kier molecular flexibility index (Phi) is 7.99. The maximum atomic E-state index is 15.2. The lowest BCUT2D eigenvalue weighted by atomic mass is 9.92. The second-order valence-electron chi connectivity index (χ2n) is 11.9. The Bertz CT molecular complexity index is 1440. The molecule has 9 nitrogen and oxygen atoms in total. The molecular weight excluding hydrogens is 528 g/mol. The Hall–Kier alpha value is -3.99. The van der Waals surface area contributed by atoms with E-state index >= 15 is 4.39 Å². The molecule has 1 saturated heterocycles. The number of hydrogen-bond donors (Lipinski definition) is 2. The fraction of sp³-hybridized carbons (Fsp3) is 0.433. The third-order valence-corrected chi connectivity index (χ3v) is 7.66. The number of benzene rings is 2. The SMILES string of the molecule is Cn1ncc2c1Nc1cc(F)ccc1N(C(=O)c1ccc(CNC(=O)N3CCN(CCC(C)(C)C)CC3)c(F)c1)C2. The van der Waals surface area contributed by atoms with Gasteiger partial charge in [0.1, 0.15) is 17.5 Å². The molecule has 1 aromatic heterocycles. The molecule has 3 heterocycles. The molecule has 218 valence electrons. The number of halogens is 2. The lowest BCUT2D eigenvalue weighted by Gasteiger charge is -2.35. The molecule has 2 aliphatic rings. The predicted octanol–water partition coefficient (Wildman–Crippen LogP) is 4.87. The minimum atomic E-state index is -0.586. The highest BCUT2D eigenvalue weighted by atomic mass is 19.1. The summed E-state index contributed by atoms with van der Waals surface area (Å²) in [5.41, 5.74) is 2.33. The maximum absolute atomic E-state index is 15.2. The Morgan fingerprint density at radius 3 is 2.51 bits per heavy atom. The lowest BCUT2D eigenvalue weighted by molar-refractivity contribution is 0.0985. The van der Waals surface area contributed by atoms with Crippen molar-refractivity contribution in [2.24, 2.45) is 12.5 Å². The van der Waals surface area contributed by atoms with Crippen LogP contribution < -0.4 is 15.5 Å². The Morgan fingerprint density at radius 2 is 1.80 bits per heavy atom. The summed E-state index contributed by atoms with van der Waals surface area (Å²) in [4.78, 5) is 32.0. The molecule has 3 amide bonds. The second-order valence-corrected chi connectivity index (χ2v) is 11.9. The average Bonchev–Trinajstić information content (AvgIpc) is 3.18. The molecule has 0 radical (unpaired) electrons. The summed E-state index contributed by atoms with van der Waals surface area (Å²) in [7, 11) is 1.75. The van der Waals surface area contributed by atoms with Crippen LogP contribution in [0.15, 0.2) is 42.6 Å². The molecule has 41 heavy (non-hydrogen) atoms. The number of urea groups is 1. The van der Waals surface area contributed by atoms with Crippen molar-refractivity contribution < 1.29 is 18.4 Å². The largest absolute Gasteiger partial charge is 0.338 e. The van der Waals surface area contributed by atoms with Gasteiger partial charge in [-0.2, -0.15) is 5.10 Å². The molecule has 0 spiro atoms. The number of nitrogens with one attached hydrogen (secondary N) is 2. The van der Waals surface area contributed by atoms with E-state index in [4.69, 9.17) is 0 Å². The minimum absolute atomic E-state index is 0.0121. The van der Waals surface area contributed by atoms with Gasteiger partial charge in [0.05, 0.1) is 24.1 Å². The van der Waals surface area contributed by atoms with E-state index in [-0.39, 0.29) is 35.7 Å². The normalized spacial score (nSPS) is 15.6. The summed E-state index contributed by atoms with van der Waals surface area (Å²) in [6.07, 6.45) is 2.74. The summed E-state index contributed by atoms with van der Waals surface area (Å²) in [5.74, 6) is -0.822. The van der Waals surface area contributed by atoms with Gasteiger partial charge in [-0.1, -0.05) is 26.8 Å². The maximum Gasteiger partial charge on any atom is 0.317 e. The first-order valence-corrected chi connectivity index (χ1v) is 13.9. The number of carbonyl (C=O) groups excluding carboxylic acids is 2. The topological polar surface area (TPSA) is 85.7 Å². The number of amides is 3. The van der Waals surface area contributed by atoms with Crippen molar-refractivity contribution in [2.75, 3.05) is 42.9 Å². The van der Waals surface area contributed by atoms with Gasteiger partial charge >= 0.3 is 6.03 Å². The van der Waals surface area contributed by atoms with Crippen molar-refractivity contribution in [3.05, 3.63) is 70.9 Å². The van der Waals surface area contributed by atoms with Crippen LogP contribution in [0.5, 0.6) is 0 Å². The van der Waals surface area contributed by atoms with Crippen LogP contribution >= 0.6 is 0 Å². The molecule has 0 aliphatic carbocycles. The van der Waals surface area contributed by atoms with Gasteiger partial charge in [-0.15, -0.1) is 0 Å². The number of anilines is 3. The van der Waals surface area contributed by atoms with E-state index in [1.807, 2.05) is 0 Å². The zero-order valence-corrected chi connectivity index (χ0v) is 24.0. The Morgan fingerprint density at radius 1 is 1.05 bits per heavy atom. The Labute approximate surface area is 239 Å². The Balaban J connectivity index is 1.23. The van der Waals surface area contributed by atoms with Crippen LogP contribution in [0.1, 0.15) is 48.7 Å². The van der Waals surface area contributed by atoms with Gasteiger partial charge in [0.15, 0.2) is 0 Å². The molecule has 2 aliphatic heterocycles. The van der Waals surface area contributed by atoms with Crippen molar-refractivity contribution in [1.29, 1.82) is 0 Å². The van der Waals surface area contributed by atoms with Crippen LogP contribution in [-0.4, -0.2) is 64.2 Å². The van der Waals surface area contributed by atoms with Gasteiger partial charge in [-0.05, 0) is 48.7 Å². The summed E-state index contributed by atoms with van der Waals surface area (Å²) in [5, 5.41) is 10.2. The summed E-state index contributed by atoms with van der Waals surface area (Å²) in [6.45, 7) is 10.8. The number of piperazine rings is 1. The lowest BCUT2D eigenvalue weighted by Crippen LogP contribution is -2.52. The number of hydrogen-bond acceptors (Lipinski definition) is 5. The predicted molar refractivity (Wildman–Crippen MR) is 154 cm³/mol. The van der Waals surface area contributed by atoms with Crippen molar-refractivity contribution in [3.8, 4) is 0 Å². The van der Waals surface area contributed by atoms with Gasteiger partial charge in [-0.25, -0.2) is 13.6 Å². The molecule has 2 N–H and O–H groups in total. The molecule has 0 unspecified atom stereocenters. The zero-order chi connectivity index (χ0) is 29.3. The third kappa shape index (κ3) is 6.51. The smallest absolute Gasteiger partial charge is 0.317 e. The number of aromatic nitrogens is 2. The first-order valence-electron chi connectivity index (χ1n) is 13.9. The summed E-state index contributed by atoms with van der Waals surface area (Å²) >= 11 is 0. The average molecular weight is 566 g/mol. The number of aryl methyl sites for hydroxylation is 1. The van der Waals surface area contributed by atoms with Crippen LogP contribution in [0.3, 0.4) is 0 Å². The van der Waals surface area contributed by atoms with E-state index in [0.29, 0.717) is 30.3 Å². The van der Waals surface area contributed by atoms with E-state index in [9.17, 15) is 14.0 Å². The zero-order valence-electron chi connectivity index (χ0n) is 24.0. The van der Waals surface area contributed by atoms with Gasteiger partial charge in [0, 0.05) is 56.5 Å². The van der Waals surface area contributed by atoms with Gasteiger partial charge < -0.3 is 20.4 Å². The third-order valence-electron chi connectivity index (χ3n) is 7.66. The first-order chi connectivity index (χ1) is 19.5. The molecule has 3 aromatic rings. The van der Waals surface area contributed by atoms with Crippen molar-refractivity contribution >= 4 is 29.1 Å². The molecule has 0 atom stereocenters. The first kappa shape index (κ1) is 28.5. The molecular formula is C30H37F2N7O2. The van der Waals surface area contributed by atoms with E-state index in [1.54, 1.807) is 28.9 Å². The quantitative estimate of drug-likeness (QED) is 0.461. The highest BCUT2D eigenvalue weighted by Gasteiger charge is 2.28. The van der Waals surface area contributed by atoms with Gasteiger partial charge in [0.25, 0.3) is 5.91 Å². The van der Waals surface area contributed by atoms with E-state index in [0.717, 1.165) is 31.6 Å². The minimum Gasteiger partial charge on any atom is -0.338 e. The fourth-order valence-electron chi connectivity index (χ4n) is 5.10. The van der Waals surface area contributed by atoms with Crippen LogP contribution in [0, 0.1) is 17.0 Å².